The summed E-state index contributed by atoms with van der Waals surface area (Å²) in [6.45, 7) is 7.64. The number of hydrogen-bond donors (Lipinski definition) is 1. The maximum Gasteiger partial charge on any atom is 0.279 e. The summed E-state index contributed by atoms with van der Waals surface area (Å²) in [5.41, 5.74) is 2.20. The van der Waals surface area contributed by atoms with Gasteiger partial charge in [-0.15, -0.1) is 5.10 Å². The van der Waals surface area contributed by atoms with Crippen molar-refractivity contribution >= 4 is 47.2 Å². The number of rotatable bonds is 11. The number of carbonyl (C=O) groups excluding carboxylic acids is 1. The van der Waals surface area contributed by atoms with Crippen molar-refractivity contribution in [2.75, 3.05) is 18.6 Å². The fourth-order valence-electron chi connectivity index (χ4n) is 8.89. The molecule has 55 heavy (non-hydrogen) atoms. The number of nitrogens with zero attached hydrogens (tertiary/aromatic N) is 6. The molecule has 1 spiro atoms. The van der Waals surface area contributed by atoms with Gasteiger partial charge in [0.15, 0.2) is 5.60 Å². The zero-order valence-corrected chi connectivity index (χ0v) is 33.0. The number of fused-ring (bicyclic) bond motifs is 3. The number of anilines is 1. The average molecular weight is 775 g/mol. The fourth-order valence-corrected chi connectivity index (χ4v) is 13.1. The number of ether oxygens (including phenoxy) is 2. The van der Waals surface area contributed by atoms with Gasteiger partial charge in [-0.05, 0) is 66.1 Å². The van der Waals surface area contributed by atoms with E-state index in [4.69, 9.17) is 21.1 Å². The molecule has 0 saturated carbocycles. The summed E-state index contributed by atoms with van der Waals surface area (Å²) in [5.74, 6) is 0.433. The second-order valence-corrected chi connectivity index (χ2v) is 20.2. The Morgan fingerprint density at radius 2 is 1.80 bits per heavy atom. The van der Waals surface area contributed by atoms with Crippen molar-refractivity contribution < 1.29 is 19.4 Å². The molecule has 11 nitrogen and oxygen atoms in total. The van der Waals surface area contributed by atoms with Gasteiger partial charge in [0.1, 0.15) is 5.75 Å². The lowest BCUT2D eigenvalue weighted by Crippen LogP contribution is -2.51. The molecule has 2 aliphatic rings. The zero-order chi connectivity index (χ0) is 38.5. The quantitative estimate of drug-likeness (QED) is 0.159. The van der Waals surface area contributed by atoms with Crippen molar-refractivity contribution in [3.05, 3.63) is 136 Å². The predicted molar refractivity (Wildman–Crippen MR) is 215 cm³/mol. The third-order valence-corrected chi connectivity index (χ3v) is 16.2. The summed E-state index contributed by atoms with van der Waals surface area (Å²) >= 11 is 6.73. The molecule has 0 radical (unpaired) electrons. The van der Waals surface area contributed by atoms with E-state index in [1.165, 1.54) is 9.87 Å². The number of aliphatic hydroxyl groups is 1. The van der Waals surface area contributed by atoms with Gasteiger partial charge in [-0.1, -0.05) is 84.5 Å². The van der Waals surface area contributed by atoms with Crippen molar-refractivity contribution in [1.82, 2.24) is 24.8 Å². The summed E-state index contributed by atoms with van der Waals surface area (Å²) in [7, 11) is -0.716. The first-order chi connectivity index (χ1) is 26.5. The van der Waals surface area contributed by atoms with Gasteiger partial charge in [-0.2, -0.15) is 9.78 Å². The SMILES string of the molecule is COc1ccc([Si](C)(C)[C@@H]2[C@@H](CCn3cc(CCO)nn3)O[C@]3(C(=O)N(Cc4cccc(-n5ncc6ccccc6c5=O)c4)c4ccc(Cl)cc43)[C@H]2C)cc1. The van der Waals surface area contributed by atoms with E-state index in [0.29, 0.717) is 35.5 Å². The molecule has 0 aliphatic carbocycles. The number of aliphatic hydroxyl groups excluding tert-OH is 1. The molecule has 8 rings (SSSR count). The second kappa shape index (κ2) is 14.5. The molecular weight excluding hydrogens is 732 g/mol. The smallest absolute Gasteiger partial charge is 0.279 e. The first-order valence-corrected chi connectivity index (χ1v) is 22.0. The number of aryl methyl sites for hydroxylation is 1. The summed E-state index contributed by atoms with van der Waals surface area (Å²) in [6, 6.07) is 28.9. The lowest BCUT2D eigenvalue weighted by molar-refractivity contribution is -0.146. The summed E-state index contributed by atoms with van der Waals surface area (Å²) in [4.78, 5) is 30.6. The van der Waals surface area contributed by atoms with Gasteiger partial charge < -0.3 is 19.5 Å². The summed E-state index contributed by atoms with van der Waals surface area (Å²) in [5, 5.41) is 25.6. The van der Waals surface area contributed by atoms with Crippen LogP contribution in [-0.2, 0) is 34.6 Å². The Morgan fingerprint density at radius 1 is 1.00 bits per heavy atom. The van der Waals surface area contributed by atoms with E-state index in [-0.39, 0.29) is 42.2 Å². The first-order valence-electron chi connectivity index (χ1n) is 18.6. The Bertz CT molecular complexity index is 2450. The van der Waals surface area contributed by atoms with E-state index in [2.05, 4.69) is 47.6 Å². The Kier molecular flexibility index (Phi) is 9.70. The number of amides is 1. The fraction of sp³-hybridized carbons (Fsp3) is 0.310. The van der Waals surface area contributed by atoms with E-state index >= 15 is 4.79 Å². The molecule has 1 fully saturated rings. The van der Waals surface area contributed by atoms with Crippen LogP contribution in [0.5, 0.6) is 5.75 Å². The number of carbonyl (C=O) groups is 1. The maximum absolute atomic E-state index is 15.3. The highest BCUT2D eigenvalue weighted by molar-refractivity contribution is 6.91. The van der Waals surface area contributed by atoms with Gasteiger partial charge in [-0.25, -0.2) is 0 Å². The van der Waals surface area contributed by atoms with Crippen LogP contribution in [0.1, 0.15) is 30.2 Å². The summed E-state index contributed by atoms with van der Waals surface area (Å²) in [6.07, 6.45) is 4.29. The second-order valence-electron chi connectivity index (χ2n) is 15.1. The van der Waals surface area contributed by atoms with Crippen molar-refractivity contribution in [1.29, 1.82) is 0 Å². The highest BCUT2D eigenvalue weighted by atomic mass is 35.5. The lowest BCUT2D eigenvalue weighted by Gasteiger charge is -2.37. The van der Waals surface area contributed by atoms with Gasteiger partial charge in [0.05, 0.1) is 56.5 Å². The Labute approximate surface area is 325 Å². The van der Waals surface area contributed by atoms with Crippen LogP contribution in [0.4, 0.5) is 5.69 Å². The molecule has 2 aromatic heterocycles. The minimum atomic E-state index is -2.38. The van der Waals surface area contributed by atoms with Gasteiger partial charge in [0.25, 0.3) is 11.5 Å². The molecule has 4 atom stereocenters. The van der Waals surface area contributed by atoms with E-state index < -0.39 is 13.7 Å². The van der Waals surface area contributed by atoms with Crippen LogP contribution < -0.4 is 20.4 Å². The van der Waals surface area contributed by atoms with Gasteiger partial charge in [0, 0.05) is 47.7 Å². The topological polar surface area (TPSA) is 125 Å². The lowest BCUT2D eigenvalue weighted by atomic mass is 9.82. The van der Waals surface area contributed by atoms with Gasteiger partial charge >= 0.3 is 0 Å². The molecule has 1 amide bonds. The van der Waals surface area contributed by atoms with Crippen LogP contribution in [-0.4, -0.2) is 63.7 Å². The molecule has 1 saturated heterocycles. The molecule has 2 aliphatic heterocycles. The third-order valence-electron chi connectivity index (χ3n) is 11.6. The van der Waals surface area contributed by atoms with Crippen LogP contribution in [0.2, 0.25) is 23.7 Å². The third kappa shape index (κ3) is 6.36. The van der Waals surface area contributed by atoms with E-state index in [1.54, 1.807) is 29.0 Å². The monoisotopic (exact) mass is 774 g/mol. The number of halogens is 1. The molecule has 4 aromatic carbocycles. The Hall–Kier alpha value is -5.14. The molecule has 1 N–H and O–H groups in total. The molecule has 0 bridgehead atoms. The number of aromatic nitrogens is 5. The van der Waals surface area contributed by atoms with Crippen LogP contribution in [0, 0.1) is 5.92 Å². The highest BCUT2D eigenvalue weighted by Gasteiger charge is 2.66. The molecule has 13 heteroatoms. The predicted octanol–water partition coefficient (Wildman–Crippen LogP) is 6.03. The standard InChI is InChI=1S/C42H43ClN6O5Si/c1-27-39(55(3,4)34-15-13-33(53-2)14-16-34)38(18-20-47-26-31(19-21-50)45-46-47)54-42(27)36-23-30(43)12-17-37(36)48(41(42)52)25-28-8-7-10-32(22-28)49-40(51)35-11-6-5-9-29(35)24-44-49/h5-17,22-24,26-27,38-39,50H,18-21,25H2,1-4H3/t27-,38+,39-,42+/m0/s1. The average Bonchev–Trinajstić information content (AvgIpc) is 3.84. The van der Waals surface area contributed by atoms with Crippen LogP contribution in [0.25, 0.3) is 16.5 Å². The van der Waals surface area contributed by atoms with Crippen LogP contribution in [0.15, 0.2) is 108 Å². The zero-order valence-electron chi connectivity index (χ0n) is 31.2. The largest absolute Gasteiger partial charge is 0.497 e. The van der Waals surface area contributed by atoms with Gasteiger partial charge in [-0.3, -0.25) is 14.3 Å². The number of benzene rings is 4. The number of methoxy groups -OCH3 is 1. The van der Waals surface area contributed by atoms with Crippen LogP contribution in [0.3, 0.4) is 0 Å². The molecule has 4 heterocycles. The molecule has 282 valence electrons. The van der Waals surface area contributed by atoms with Crippen molar-refractivity contribution in [2.24, 2.45) is 5.92 Å². The van der Waals surface area contributed by atoms with Crippen molar-refractivity contribution in [2.45, 2.75) is 63.2 Å². The minimum Gasteiger partial charge on any atom is -0.497 e. The maximum atomic E-state index is 15.3. The minimum absolute atomic E-state index is 0.00208. The normalized spacial score (nSPS) is 20.8. The molecular formula is C42H43ClN6O5Si. The van der Waals surface area contributed by atoms with Crippen molar-refractivity contribution in [3.63, 3.8) is 0 Å². The molecule has 0 unspecified atom stereocenters. The van der Waals surface area contributed by atoms with E-state index in [0.717, 1.165) is 33.6 Å². The highest BCUT2D eigenvalue weighted by Crippen LogP contribution is 2.60. The Morgan fingerprint density at radius 3 is 2.58 bits per heavy atom. The van der Waals surface area contributed by atoms with Crippen molar-refractivity contribution in [3.8, 4) is 11.4 Å². The summed E-state index contributed by atoms with van der Waals surface area (Å²) < 4.78 is 16.0. The van der Waals surface area contributed by atoms with Crippen LogP contribution >= 0.6 is 11.6 Å². The Balaban J connectivity index is 1.17. The van der Waals surface area contributed by atoms with E-state index in [1.807, 2.05) is 79.0 Å². The molecule has 6 aromatic rings. The van der Waals surface area contributed by atoms with Gasteiger partial charge in [0.2, 0.25) is 0 Å². The first kappa shape index (κ1) is 36.8. The van der Waals surface area contributed by atoms with E-state index in [9.17, 15) is 9.90 Å². The number of hydrogen-bond acceptors (Lipinski definition) is 8.